The van der Waals surface area contributed by atoms with E-state index < -0.39 is 18.2 Å². The number of ether oxygens (including phenoxy) is 1. The minimum Gasteiger partial charge on any atom is -0.445 e. The number of nitrogens with two attached hydrogens (primary N) is 1. The van der Waals surface area contributed by atoms with Crippen LogP contribution in [0.15, 0.2) is 47.7 Å². The quantitative estimate of drug-likeness (QED) is 0.0784. The van der Waals surface area contributed by atoms with E-state index in [4.69, 9.17) is 10.5 Å². The van der Waals surface area contributed by atoms with E-state index in [1.54, 1.807) is 36.2 Å². The molecule has 0 aliphatic heterocycles. The lowest BCUT2D eigenvalue weighted by molar-refractivity contribution is -0.121. The number of nitrogens with zero attached hydrogens (tertiary/aromatic N) is 1. The molecule has 6 N–H and O–H groups in total. The topological polar surface area (TPSA) is 155 Å². The summed E-state index contributed by atoms with van der Waals surface area (Å²) in [6.07, 6.45) is 7.68. The lowest BCUT2D eigenvalue weighted by Gasteiger charge is -2.27. The molecule has 11 heteroatoms. The first-order valence-corrected chi connectivity index (χ1v) is 18.2. The number of amides is 5. The summed E-state index contributed by atoms with van der Waals surface area (Å²) in [4.78, 5) is 50.4. The van der Waals surface area contributed by atoms with Crippen molar-refractivity contribution in [2.75, 3.05) is 32.0 Å². The van der Waals surface area contributed by atoms with Crippen molar-refractivity contribution < 1.29 is 23.9 Å². The zero-order valence-electron chi connectivity index (χ0n) is 32.1. The number of nitrogens with one attached hydrogen (secondary N) is 4. The summed E-state index contributed by atoms with van der Waals surface area (Å²) in [7, 11) is 1.71. The average molecular weight is 689 g/mol. The molecule has 1 atom stereocenters. The Labute approximate surface area is 297 Å². The molecule has 1 aliphatic carbocycles. The highest BCUT2D eigenvalue weighted by Crippen LogP contribution is 2.28. The Kier molecular flexibility index (Phi) is 28.9. The van der Waals surface area contributed by atoms with Crippen LogP contribution in [0, 0.1) is 0 Å². The van der Waals surface area contributed by atoms with E-state index in [9.17, 15) is 19.2 Å². The van der Waals surface area contributed by atoms with Gasteiger partial charge in [-0.15, -0.1) is 6.58 Å². The summed E-state index contributed by atoms with van der Waals surface area (Å²) < 4.78 is 5.41. The highest BCUT2D eigenvalue weighted by Gasteiger charge is 2.23. The van der Waals surface area contributed by atoms with Gasteiger partial charge in [0.2, 0.25) is 11.8 Å². The van der Waals surface area contributed by atoms with Gasteiger partial charge in [-0.05, 0) is 81.6 Å². The molecule has 1 aromatic carbocycles. The maximum absolute atomic E-state index is 13.4. The Morgan fingerprint density at radius 3 is 2.08 bits per heavy atom. The van der Waals surface area contributed by atoms with Crippen LogP contribution in [0.2, 0.25) is 0 Å². The first-order valence-electron chi connectivity index (χ1n) is 18.2. The highest BCUT2D eigenvalue weighted by molar-refractivity contribution is 5.95. The number of urea groups is 1. The van der Waals surface area contributed by atoms with E-state index in [2.05, 4.69) is 41.7 Å². The van der Waals surface area contributed by atoms with E-state index in [0.29, 0.717) is 44.6 Å². The number of anilines is 1. The van der Waals surface area contributed by atoms with Crippen LogP contribution < -0.4 is 27.0 Å². The number of rotatable bonds is 18. The Morgan fingerprint density at radius 2 is 1.57 bits per heavy atom. The Bertz CT molecular complexity index is 1110. The third-order valence-corrected chi connectivity index (χ3v) is 6.95. The van der Waals surface area contributed by atoms with Gasteiger partial charge in [-0.2, -0.15) is 0 Å². The Morgan fingerprint density at radius 1 is 0.959 bits per heavy atom. The van der Waals surface area contributed by atoms with Gasteiger partial charge in [-0.1, -0.05) is 72.6 Å². The third-order valence-electron chi connectivity index (χ3n) is 6.95. The lowest BCUT2D eigenvalue weighted by atomic mass is 9.90. The molecule has 1 aliphatic rings. The van der Waals surface area contributed by atoms with Crippen LogP contribution in [0.1, 0.15) is 125 Å². The van der Waals surface area contributed by atoms with E-state index >= 15 is 0 Å². The molecule has 0 heterocycles. The van der Waals surface area contributed by atoms with Gasteiger partial charge >= 0.3 is 12.1 Å². The van der Waals surface area contributed by atoms with Crippen LogP contribution in [-0.4, -0.2) is 61.6 Å². The van der Waals surface area contributed by atoms with Crippen LogP contribution in [0.3, 0.4) is 0 Å². The molecule has 49 heavy (non-hydrogen) atoms. The third kappa shape index (κ3) is 23.1. The summed E-state index contributed by atoms with van der Waals surface area (Å²) in [5.41, 5.74) is 9.73. The molecule has 1 saturated carbocycles. The predicted molar refractivity (Wildman–Crippen MR) is 203 cm³/mol. The SMILES string of the molecule is C=C(C)CCCN(C)C(=O)OCc1ccc(NC(=O)C(CCCNC(N)=O)NC(CNC(=O)CCC)=C2CCC2)cc1.CC.CC.CCC. The Hall–Kier alpha value is -4.02. The number of hydrogen-bond acceptors (Lipinski definition) is 6. The largest absolute Gasteiger partial charge is 0.445 e. The predicted octanol–water partition coefficient (Wildman–Crippen LogP) is 7.78. The van der Waals surface area contributed by atoms with Gasteiger partial charge in [-0.25, -0.2) is 9.59 Å². The molecule has 1 aromatic rings. The molecular weight excluding hydrogens is 620 g/mol. The number of hydrogen-bond donors (Lipinski definition) is 5. The van der Waals surface area contributed by atoms with E-state index in [0.717, 1.165) is 55.4 Å². The second-order valence-electron chi connectivity index (χ2n) is 11.5. The van der Waals surface area contributed by atoms with Crippen molar-refractivity contribution in [1.82, 2.24) is 20.9 Å². The average Bonchev–Trinajstić information content (AvgIpc) is 3.05. The van der Waals surface area contributed by atoms with E-state index in [1.807, 2.05) is 41.5 Å². The monoisotopic (exact) mass is 689 g/mol. The van der Waals surface area contributed by atoms with Crippen LogP contribution in [-0.2, 0) is 20.9 Å². The molecule has 1 unspecified atom stereocenters. The summed E-state index contributed by atoms with van der Waals surface area (Å²) in [5.74, 6) is -0.259. The normalized spacial score (nSPS) is 11.6. The number of carbonyl (C=O) groups excluding carboxylic acids is 4. The van der Waals surface area contributed by atoms with Crippen LogP contribution >= 0.6 is 0 Å². The van der Waals surface area contributed by atoms with Crippen molar-refractivity contribution in [1.29, 1.82) is 0 Å². The van der Waals surface area contributed by atoms with E-state index in [1.165, 1.54) is 12.0 Å². The van der Waals surface area contributed by atoms with Gasteiger partial charge in [0.15, 0.2) is 0 Å². The smallest absolute Gasteiger partial charge is 0.409 e. The molecule has 0 bridgehead atoms. The van der Waals surface area contributed by atoms with Crippen LogP contribution in [0.5, 0.6) is 0 Å². The van der Waals surface area contributed by atoms with Crippen molar-refractivity contribution >= 4 is 29.6 Å². The van der Waals surface area contributed by atoms with Crippen LogP contribution in [0.25, 0.3) is 0 Å². The minimum atomic E-state index is -0.611. The van der Waals surface area contributed by atoms with Crippen LogP contribution in [0.4, 0.5) is 15.3 Å². The fraction of sp³-hybridized carbons (Fsp3) is 0.632. The van der Waals surface area contributed by atoms with Crippen molar-refractivity contribution in [3.8, 4) is 0 Å². The second-order valence-corrected chi connectivity index (χ2v) is 11.5. The molecule has 0 aromatic heterocycles. The molecule has 5 amide bonds. The fourth-order valence-corrected chi connectivity index (χ4v) is 4.31. The molecular formula is C38H68N6O5. The molecule has 1 fully saturated rings. The molecule has 280 valence electrons. The van der Waals surface area contributed by atoms with Gasteiger partial charge in [0.05, 0.1) is 6.54 Å². The molecule has 2 rings (SSSR count). The summed E-state index contributed by atoms with van der Waals surface area (Å²) in [6.45, 7) is 21.4. The molecule has 11 nitrogen and oxygen atoms in total. The fourth-order valence-electron chi connectivity index (χ4n) is 4.31. The number of allylic oxidation sites excluding steroid dienone is 2. The molecule has 0 saturated heterocycles. The van der Waals surface area contributed by atoms with Crippen molar-refractivity contribution in [2.45, 2.75) is 132 Å². The maximum atomic E-state index is 13.4. The first kappa shape index (κ1) is 47.1. The first-order chi connectivity index (χ1) is 23.5. The highest BCUT2D eigenvalue weighted by atomic mass is 16.6. The lowest BCUT2D eigenvalue weighted by Crippen LogP contribution is -2.44. The van der Waals surface area contributed by atoms with Crippen molar-refractivity contribution in [2.24, 2.45) is 5.73 Å². The van der Waals surface area contributed by atoms with Gasteiger partial charge in [0, 0.05) is 37.9 Å². The number of primary amides is 1. The van der Waals surface area contributed by atoms with Crippen molar-refractivity contribution in [3.05, 3.63) is 53.3 Å². The maximum Gasteiger partial charge on any atom is 0.409 e. The van der Waals surface area contributed by atoms with Gasteiger partial charge in [-0.3, -0.25) is 9.59 Å². The second kappa shape index (κ2) is 30.1. The number of carbonyl (C=O) groups is 4. The van der Waals surface area contributed by atoms with Gasteiger partial charge < -0.3 is 36.6 Å². The molecule has 0 spiro atoms. The summed E-state index contributed by atoms with van der Waals surface area (Å²) >= 11 is 0. The zero-order valence-corrected chi connectivity index (χ0v) is 32.1. The Balaban J connectivity index is 0. The number of benzene rings is 1. The van der Waals surface area contributed by atoms with E-state index in [-0.39, 0.29) is 18.4 Å². The standard InChI is InChI=1S/C31H48N6O5.C3H8.2C2H6/c1-5-9-28(38)34-20-27(24-11-6-12-24)36-26(13-7-18-33-30(32)40)29(39)35-25-16-14-23(15-17-25)21-42-31(41)37(4)19-8-10-22(2)3;1-3-2;2*1-2/h14-17,26,36H,2,5-13,18-21H2,1,3-4H3,(H,34,38)(H,35,39)(H3,32,33,40);3H2,1-2H3;2*1-2H3. The summed E-state index contributed by atoms with van der Waals surface area (Å²) in [6, 6.07) is 5.92. The van der Waals surface area contributed by atoms with Crippen molar-refractivity contribution in [3.63, 3.8) is 0 Å². The zero-order chi connectivity index (χ0) is 37.6. The minimum absolute atomic E-state index is 0.0245. The summed E-state index contributed by atoms with van der Waals surface area (Å²) in [5, 5.41) is 11.8. The molecule has 0 radical (unpaired) electrons. The van der Waals surface area contributed by atoms with Gasteiger partial charge in [0.25, 0.3) is 0 Å². The van der Waals surface area contributed by atoms with Gasteiger partial charge in [0.1, 0.15) is 12.6 Å².